The molecule has 0 fully saturated rings. The third-order valence-electron chi connectivity index (χ3n) is 6.26. The summed E-state index contributed by atoms with van der Waals surface area (Å²) in [5.74, 6) is -1.43. The van der Waals surface area contributed by atoms with Crippen LogP contribution in [-0.4, -0.2) is 39.0 Å². The summed E-state index contributed by atoms with van der Waals surface area (Å²) in [4.78, 5) is 24.7. The second-order valence-corrected chi connectivity index (χ2v) is 10.9. The molecule has 4 aromatic rings. The summed E-state index contributed by atoms with van der Waals surface area (Å²) in [7, 11) is 0. The number of carbonyl (C=O) groups excluding carboxylic acids is 1. The predicted molar refractivity (Wildman–Crippen MR) is 165 cm³/mol. The number of anilines is 3. The minimum Gasteiger partial charge on any atom is -0.494 e. The summed E-state index contributed by atoms with van der Waals surface area (Å²) in [5, 5.41) is 17.4. The van der Waals surface area contributed by atoms with E-state index in [0.29, 0.717) is 16.8 Å². The second kappa shape index (κ2) is 14.7. The monoisotopic (exact) mass is 639 g/mol. The lowest BCUT2D eigenvalue weighted by molar-refractivity contribution is 0.0523. The highest BCUT2D eigenvalue weighted by atomic mass is 19.3. The van der Waals surface area contributed by atoms with E-state index in [4.69, 9.17) is 14.9 Å². The van der Waals surface area contributed by atoms with Crippen molar-refractivity contribution < 1.29 is 31.8 Å². The van der Waals surface area contributed by atoms with Gasteiger partial charge in [0.25, 0.3) is 6.43 Å². The van der Waals surface area contributed by atoms with Gasteiger partial charge in [0, 0.05) is 59.1 Å². The van der Waals surface area contributed by atoms with Crippen LogP contribution < -0.4 is 20.7 Å². The molecule has 2 aromatic heterocycles. The van der Waals surface area contributed by atoms with Crippen molar-refractivity contribution in [2.75, 3.05) is 17.2 Å². The summed E-state index contributed by atoms with van der Waals surface area (Å²) in [6, 6.07) is 11.4. The Balaban J connectivity index is 1.62. The van der Waals surface area contributed by atoms with Gasteiger partial charge in [0.15, 0.2) is 5.82 Å². The van der Waals surface area contributed by atoms with Crippen molar-refractivity contribution >= 4 is 29.0 Å². The number of alkyl halides is 2. The number of halogens is 4. The number of nitrogens with zero attached hydrogens (tertiary/aromatic N) is 3. The van der Waals surface area contributed by atoms with E-state index in [-0.39, 0.29) is 54.1 Å². The molecule has 0 saturated heterocycles. The zero-order valence-corrected chi connectivity index (χ0v) is 25.6. The fourth-order valence-corrected chi connectivity index (χ4v) is 4.19. The lowest BCUT2D eigenvalue weighted by atomic mass is 10.1. The Morgan fingerprint density at radius 2 is 1.74 bits per heavy atom. The van der Waals surface area contributed by atoms with Gasteiger partial charge in [-0.05, 0) is 45.9 Å². The fraction of sp³-hybridized carbons (Fsp3) is 0.281. The quantitative estimate of drug-likeness (QED) is 0.0939. The van der Waals surface area contributed by atoms with Crippen LogP contribution in [0.2, 0.25) is 0 Å². The molecule has 14 heteroatoms. The number of rotatable bonds is 12. The van der Waals surface area contributed by atoms with Crippen LogP contribution in [0.3, 0.4) is 0 Å². The normalized spacial score (nSPS) is 11.2. The Hall–Kier alpha value is -5.27. The van der Waals surface area contributed by atoms with Crippen molar-refractivity contribution in [2.24, 2.45) is 0 Å². The standard InChI is InChI=1S/C32H33F4N7O3/c1-5-45-20-13-23(33)22(24(34)14-20)17-39-25-9-7-6-8-21(25)27(37)30-40-15-18(16-41-31(44)46-32(2,3)4)29(43-30)42-19-10-11-38-26(12-19)28(35)36/h6-15,28,37,39H,5,16-17H2,1-4H3,(H,41,44)(H,38,40,42,43). The van der Waals surface area contributed by atoms with Crippen LogP contribution in [0.1, 0.15) is 62.3 Å². The van der Waals surface area contributed by atoms with Crippen LogP contribution in [0.15, 0.2) is 60.9 Å². The number of pyridine rings is 1. The molecular weight excluding hydrogens is 606 g/mol. The number of para-hydroxylation sites is 1. The van der Waals surface area contributed by atoms with Crippen LogP contribution in [-0.2, 0) is 17.8 Å². The van der Waals surface area contributed by atoms with Gasteiger partial charge >= 0.3 is 6.09 Å². The first-order valence-corrected chi connectivity index (χ1v) is 14.2. The summed E-state index contributed by atoms with van der Waals surface area (Å²) in [6.07, 6.45) is -0.908. The topological polar surface area (TPSA) is 134 Å². The highest BCUT2D eigenvalue weighted by molar-refractivity contribution is 6.12. The Labute approximate surface area is 263 Å². The molecule has 0 aliphatic rings. The molecule has 4 rings (SSSR count). The first kappa shape index (κ1) is 33.6. The summed E-state index contributed by atoms with van der Waals surface area (Å²) in [6.45, 7) is 6.78. The Kier molecular flexibility index (Phi) is 10.7. The lowest BCUT2D eigenvalue weighted by Gasteiger charge is -2.20. The highest BCUT2D eigenvalue weighted by Gasteiger charge is 2.20. The molecule has 46 heavy (non-hydrogen) atoms. The average Bonchev–Trinajstić information content (AvgIpc) is 2.99. The zero-order valence-electron chi connectivity index (χ0n) is 25.6. The summed E-state index contributed by atoms with van der Waals surface area (Å²) < 4.78 is 66.4. The molecule has 0 spiro atoms. The predicted octanol–water partition coefficient (Wildman–Crippen LogP) is 7.28. The van der Waals surface area contributed by atoms with Crippen molar-refractivity contribution in [2.45, 2.75) is 52.8 Å². The van der Waals surface area contributed by atoms with Gasteiger partial charge in [-0.2, -0.15) is 0 Å². The maximum Gasteiger partial charge on any atom is 0.407 e. The maximum atomic E-state index is 14.7. The van der Waals surface area contributed by atoms with Gasteiger partial charge in [-0.3, -0.25) is 10.4 Å². The SMILES string of the molecule is CCOc1cc(F)c(CNc2ccccc2C(=N)c2ncc(CNC(=O)OC(C)(C)C)c(Nc3ccnc(C(F)F)c3)n2)c(F)c1. The van der Waals surface area contributed by atoms with Gasteiger partial charge in [0.2, 0.25) is 0 Å². The molecule has 0 radical (unpaired) electrons. The summed E-state index contributed by atoms with van der Waals surface area (Å²) in [5.41, 5.74) is -0.250. The Morgan fingerprint density at radius 3 is 2.41 bits per heavy atom. The molecule has 0 saturated carbocycles. The van der Waals surface area contributed by atoms with E-state index in [9.17, 15) is 22.4 Å². The number of aromatic nitrogens is 3. The van der Waals surface area contributed by atoms with Gasteiger partial charge < -0.3 is 25.4 Å². The van der Waals surface area contributed by atoms with Crippen molar-refractivity contribution in [3.05, 3.63) is 101 Å². The zero-order chi connectivity index (χ0) is 33.4. The van der Waals surface area contributed by atoms with Crippen molar-refractivity contribution in [1.82, 2.24) is 20.3 Å². The molecule has 242 valence electrons. The molecule has 0 bridgehead atoms. The van der Waals surface area contributed by atoms with E-state index in [1.54, 1.807) is 52.0 Å². The summed E-state index contributed by atoms with van der Waals surface area (Å²) >= 11 is 0. The number of alkyl carbamates (subject to hydrolysis) is 1. The van der Waals surface area contributed by atoms with Crippen LogP contribution >= 0.6 is 0 Å². The van der Waals surface area contributed by atoms with Crippen LogP contribution in [0.4, 0.5) is 39.5 Å². The molecule has 0 atom stereocenters. The lowest BCUT2D eigenvalue weighted by Crippen LogP contribution is -2.32. The molecule has 2 heterocycles. The largest absolute Gasteiger partial charge is 0.494 e. The van der Waals surface area contributed by atoms with Gasteiger partial charge in [-0.1, -0.05) is 18.2 Å². The first-order chi connectivity index (χ1) is 21.8. The number of amides is 1. The number of ether oxygens (including phenoxy) is 2. The molecule has 0 aliphatic carbocycles. The minimum absolute atomic E-state index is 0.0562. The molecular formula is C32H33F4N7O3. The van der Waals surface area contributed by atoms with E-state index in [2.05, 4.69) is 30.9 Å². The van der Waals surface area contributed by atoms with Crippen LogP contribution in [0.5, 0.6) is 5.75 Å². The molecule has 10 nitrogen and oxygen atoms in total. The average molecular weight is 640 g/mol. The number of hydrogen-bond donors (Lipinski definition) is 4. The molecule has 2 aromatic carbocycles. The van der Waals surface area contributed by atoms with E-state index >= 15 is 0 Å². The number of hydrogen-bond acceptors (Lipinski definition) is 9. The molecule has 0 unspecified atom stereocenters. The number of nitrogens with one attached hydrogen (secondary N) is 4. The van der Waals surface area contributed by atoms with E-state index in [1.807, 2.05) is 0 Å². The third-order valence-corrected chi connectivity index (χ3v) is 6.26. The smallest absolute Gasteiger partial charge is 0.407 e. The number of carbonyl (C=O) groups is 1. The molecule has 0 aliphatic heterocycles. The van der Waals surface area contributed by atoms with Gasteiger partial charge in [-0.25, -0.2) is 32.3 Å². The Morgan fingerprint density at radius 1 is 1.02 bits per heavy atom. The highest BCUT2D eigenvalue weighted by Crippen LogP contribution is 2.26. The van der Waals surface area contributed by atoms with E-state index in [1.165, 1.54) is 18.5 Å². The van der Waals surface area contributed by atoms with Crippen molar-refractivity contribution in [1.29, 1.82) is 5.41 Å². The van der Waals surface area contributed by atoms with Crippen molar-refractivity contribution in [3.63, 3.8) is 0 Å². The maximum absolute atomic E-state index is 14.7. The second-order valence-electron chi connectivity index (χ2n) is 10.9. The van der Waals surface area contributed by atoms with E-state index in [0.717, 1.165) is 18.2 Å². The third kappa shape index (κ3) is 8.89. The number of benzene rings is 2. The van der Waals surface area contributed by atoms with Gasteiger partial charge in [-0.15, -0.1) is 0 Å². The first-order valence-electron chi connectivity index (χ1n) is 14.2. The Bertz CT molecular complexity index is 1690. The van der Waals surface area contributed by atoms with Crippen molar-refractivity contribution in [3.8, 4) is 5.75 Å². The van der Waals surface area contributed by atoms with Crippen LogP contribution in [0, 0.1) is 17.0 Å². The van der Waals surface area contributed by atoms with Gasteiger partial charge in [0.05, 0.1) is 13.2 Å². The fourth-order valence-electron chi connectivity index (χ4n) is 4.19. The van der Waals surface area contributed by atoms with E-state index < -0.39 is 35.4 Å². The van der Waals surface area contributed by atoms with Gasteiger partial charge in [0.1, 0.15) is 40.2 Å². The molecule has 1 amide bonds. The minimum atomic E-state index is -2.81. The molecule has 4 N–H and O–H groups in total. The van der Waals surface area contributed by atoms with Crippen LogP contribution in [0.25, 0.3) is 0 Å².